The molecular weight excluding hydrogens is 728 g/mol. The third-order valence-electron chi connectivity index (χ3n) is 16.2. The molecule has 0 aromatic carbocycles. The highest BCUT2D eigenvalue weighted by Crippen LogP contribution is 2.70. The summed E-state index contributed by atoms with van der Waals surface area (Å²) in [6.45, 7) is 10.1. The Morgan fingerprint density at radius 2 is 1.27 bits per heavy atom. The Kier molecular flexibility index (Phi) is 11.6. The van der Waals surface area contributed by atoms with Crippen LogP contribution in [0.25, 0.3) is 0 Å². The molecule has 21 atom stereocenters. The van der Waals surface area contributed by atoms with E-state index >= 15 is 0 Å². The molecule has 5 N–H and O–H groups in total. The van der Waals surface area contributed by atoms with Crippen LogP contribution in [-0.4, -0.2) is 137 Å². The van der Waals surface area contributed by atoms with Crippen LogP contribution in [0, 0.1) is 34.5 Å². The lowest BCUT2D eigenvalue weighted by atomic mass is 9.42. The van der Waals surface area contributed by atoms with Crippen LogP contribution in [-0.2, 0) is 42.7 Å². The van der Waals surface area contributed by atoms with Crippen molar-refractivity contribution in [1.29, 1.82) is 0 Å². The smallest absolute Gasteiger partial charge is 0.331 e. The Labute approximate surface area is 330 Å². The van der Waals surface area contributed by atoms with Gasteiger partial charge in [0.1, 0.15) is 24.9 Å². The first-order valence-corrected chi connectivity index (χ1v) is 21.3. The van der Waals surface area contributed by atoms with E-state index in [9.17, 15) is 30.3 Å². The second kappa shape index (κ2) is 15.6. The maximum Gasteiger partial charge on any atom is 0.331 e. The number of esters is 1. The quantitative estimate of drug-likeness (QED) is 0.178. The first-order chi connectivity index (χ1) is 26.5. The molecule has 0 radical (unpaired) electrons. The summed E-state index contributed by atoms with van der Waals surface area (Å²) in [4.78, 5) is 12.0. The van der Waals surface area contributed by atoms with Gasteiger partial charge in [0.15, 0.2) is 18.9 Å². The number of carbonyl (C=O) groups excluding carboxylic acids is 1. The molecule has 0 bridgehead atoms. The molecular formula is C42H66O14. The van der Waals surface area contributed by atoms with Crippen molar-refractivity contribution in [3.05, 3.63) is 11.6 Å². The second-order valence-electron chi connectivity index (χ2n) is 19.0. The minimum Gasteiger partial charge on any atom is -0.458 e. The van der Waals surface area contributed by atoms with Crippen LogP contribution >= 0.6 is 0 Å². The van der Waals surface area contributed by atoms with E-state index in [1.807, 2.05) is 20.8 Å². The van der Waals surface area contributed by atoms with Crippen molar-refractivity contribution in [2.24, 2.45) is 34.5 Å². The molecule has 4 aliphatic carbocycles. The van der Waals surface area contributed by atoms with Crippen LogP contribution in [0.2, 0.25) is 0 Å². The zero-order valence-corrected chi connectivity index (χ0v) is 33.9. The van der Waals surface area contributed by atoms with Crippen LogP contribution in [0.1, 0.15) is 105 Å². The summed E-state index contributed by atoms with van der Waals surface area (Å²) in [6.07, 6.45) is -0.0154. The van der Waals surface area contributed by atoms with E-state index < -0.39 is 84.8 Å². The maximum absolute atomic E-state index is 12.6. The van der Waals surface area contributed by atoms with Crippen LogP contribution < -0.4 is 0 Å². The third-order valence-corrected chi connectivity index (χ3v) is 16.2. The van der Waals surface area contributed by atoms with Gasteiger partial charge in [0.05, 0.1) is 54.4 Å². The van der Waals surface area contributed by atoms with Gasteiger partial charge in [0.25, 0.3) is 0 Å². The summed E-state index contributed by atoms with van der Waals surface area (Å²) < 4.78 is 47.8. The molecule has 0 spiro atoms. The van der Waals surface area contributed by atoms with Crippen LogP contribution in [0.3, 0.4) is 0 Å². The lowest BCUT2D eigenvalue weighted by Crippen LogP contribution is -2.67. The number of aliphatic hydroxyl groups excluding tert-OH is 4. The zero-order chi connectivity index (χ0) is 39.9. The average molecular weight is 795 g/mol. The van der Waals surface area contributed by atoms with E-state index in [-0.39, 0.29) is 67.2 Å². The third kappa shape index (κ3) is 7.02. The monoisotopic (exact) mass is 794 g/mol. The number of hydrogen-bond acceptors (Lipinski definition) is 14. The summed E-state index contributed by atoms with van der Waals surface area (Å²) in [7, 11) is 1.53. The van der Waals surface area contributed by atoms with Crippen molar-refractivity contribution in [2.75, 3.05) is 13.7 Å². The molecule has 0 amide bonds. The molecule has 14 nitrogen and oxygen atoms in total. The molecule has 0 aromatic rings. The van der Waals surface area contributed by atoms with Gasteiger partial charge < -0.3 is 63.4 Å². The van der Waals surface area contributed by atoms with Gasteiger partial charge in [0, 0.05) is 37.9 Å². The Balaban J connectivity index is 0.832. The summed E-state index contributed by atoms with van der Waals surface area (Å²) in [6, 6.07) is 0. The van der Waals surface area contributed by atoms with Crippen molar-refractivity contribution < 1.29 is 68.2 Å². The topological polar surface area (TPSA) is 192 Å². The Bertz CT molecular complexity index is 1430. The van der Waals surface area contributed by atoms with Crippen molar-refractivity contribution in [3.8, 4) is 0 Å². The summed E-state index contributed by atoms with van der Waals surface area (Å²) in [5.74, 6) is 0.223. The number of cyclic esters (lactones) is 1. The van der Waals surface area contributed by atoms with E-state index in [2.05, 4.69) is 6.92 Å². The summed E-state index contributed by atoms with van der Waals surface area (Å²) in [5, 5.41) is 57.3. The van der Waals surface area contributed by atoms with E-state index in [4.69, 9.17) is 37.9 Å². The second-order valence-corrected chi connectivity index (χ2v) is 19.0. The summed E-state index contributed by atoms with van der Waals surface area (Å²) in [5.41, 5.74) is -0.877. The van der Waals surface area contributed by atoms with E-state index in [1.165, 1.54) is 7.11 Å². The normalized spacial score (nSPS) is 54.8. The number of hydrogen-bond donors (Lipinski definition) is 5. The standard InChI is InChI=1S/C42H66O14/c1-20-37(49-6)29(43)16-35(51-20)55-39-22(3)53-36(18-31(39)45)56-38-21(2)52-34(17-30(38)44)54-25-9-11-40(4)24(14-25)7-8-27-28(40)15-32(46)41(5)26(10-12-42(27,41)48)23-13-33(47)50-19-23/h13,20-22,24-32,34-39,43-46,48H,7-12,14-19H2,1-6H3/t20-,21-,22-,24-,25-,26+,27-,28+,29-,30-,31-,32+,34+,35+,36+,37+,38+,39+,40-,41+,42-/m1/s1. The van der Waals surface area contributed by atoms with Gasteiger partial charge in [-0.2, -0.15) is 0 Å². The Morgan fingerprint density at radius 3 is 1.80 bits per heavy atom. The molecule has 3 saturated heterocycles. The molecule has 4 aliphatic heterocycles. The van der Waals surface area contributed by atoms with Gasteiger partial charge in [0.2, 0.25) is 0 Å². The molecule has 318 valence electrons. The minimum absolute atomic E-state index is 0.0386. The van der Waals surface area contributed by atoms with Gasteiger partial charge in [-0.25, -0.2) is 4.79 Å². The van der Waals surface area contributed by atoms with Crippen molar-refractivity contribution in [2.45, 2.75) is 197 Å². The molecule has 8 rings (SSSR count). The van der Waals surface area contributed by atoms with Crippen LogP contribution in [0.5, 0.6) is 0 Å². The highest BCUT2D eigenvalue weighted by atomic mass is 16.7. The zero-order valence-electron chi connectivity index (χ0n) is 33.9. The van der Waals surface area contributed by atoms with Gasteiger partial charge in [-0.3, -0.25) is 0 Å². The molecule has 8 aliphatic rings. The lowest BCUT2D eigenvalue weighted by Gasteiger charge is -2.65. The summed E-state index contributed by atoms with van der Waals surface area (Å²) >= 11 is 0. The fraction of sp³-hybridized carbons (Fsp3) is 0.929. The molecule has 7 fully saturated rings. The average Bonchev–Trinajstić information content (AvgIpc) is 3.68. The van der Waals surface area contributed by atoms with Gasteiger partial charge >= 0.3 is 5.97 Å². The lowest BCUT2D eigenvalue weighted by molar-refractivity contribution is -0.336. The fourth-order valence-corrected chi connectivity index (χ4v) is 13.1. The highest BCUT2D eigenvalue weighted by molar-refractivity contribution is 5.85. The molecule has 0 unspecified atom stereocenters. The van der Waals surface area contributed by atoms with E-state index in [0.29, 0.717) is 18.8 Å². The Morgan fingerprint density at radius 1 is 0.696 bits per heavy atom. The Hall–Kier alpha value is -1.27. The van der Waals surface area contributed by atoms with Crippen LogP contribution in [0.15, 0.2) is 11.6 Å². The fourth-order valence-electron chi connectivity index (χ4n) is 13.1. The number of rotatable bonds is 8. The number of aliphatic hydroxyl groups is 5. The van der Waals surface area contributed by atoms with Crippen molar-refractivity contribution in [1.82, 2.24) is 0 Å². The van der Waals surface area contributed by atoms with Gasteiger partial charge in [-0.05, 0) is 107 Å². The molecule has 4 saturated carbocycles. The first kappa shape index (κ1) is 41.5. The number of carbonyl (C=O) groups is 1. The van der Waals surface area contributed by atoms with Gasteiger partial charge in [-0.1, -0.05) is 13.8 Å². The number of fused-ring (bicyclic) bond motifs is 5. The molecule has 56 heavy (non-hydrogen) atoms. The molecule has 4 heterocycles. The number of methoxy groups -OCH3 is 1. The van der Waals surface area contributed by atoms with Crippen LogP contribution in [0.4, 0.5) is 0 Å². The predicted octanol–water partition coefficient (Wildman–Crippen LogP) is 2.87. The van der Waals surface area contributed by atoms with Crippen molar-refractivity contribution >= 4 is 5.97 Å². The van der Waals surface area contributed by atoms with E-state index in [1.54, 1.807) is 13.0 Å². The SMILES string of the molecule is CO[C@@H]1[C@H](O)C[C@H](O[C@@H]2[C@H](O)C[C@H](O[C@@H]3[C@H](O)C[C@H](O[C@@H]4CC[C@]5(C)[C@H](CC[C@@H]6[C@@H]5C[C@H](O)[C@]5(C)[C@H](C7=CC(=O)OC7)CC[C@@]65O)C4)O[C@@H]3C)O[C@@H]2C)O[C@@H]1C. The van der Waals surface area contributed by atoms with E-state index in [0.717, 1.165) is 44.1 Å². The maximum atomic E-state index is 12.6. The molecule has 14 heteroatoms. The van der Waals surface area contributed by atoms with Gasteiger partial charge in [-0.15, -0.1) is 0 Å². The van der Waals surface area contributed by atoms with Crippen molar-refractivity contribution in [3.63, 3.8) is 0 Å². The largest absolute Gasteiger partial charge is 0.458 e. The molecule has 0 aromatic heterocycles. The predicted molar refractivity (Wildman–Crippen MR) is 197 cm³/mol. The number of ether oxygens (including phenoxy) is 8. The highest BCUT2D eigenvalue weighted by Gasteiger charge is 2.71. The first-order valence-electron chi connectivity index (χ1n) is 21.3. The minimum atomic E-state index is -1.01.